The van der Waals surface area contributed by atoms with Crippen molar-refractivity contribution in [3.8, 4) is 28.4 Å². The van der Waals surface area contributed by atoms with Gasteiger partial charge in [-0.25, -0.2) is 13.4 Å². The molecule has 0 radical (unpaired) electrons. The quantitative estimate of drug-likeness (QED) is 0.335. The van der Waals surface area contributed by atoms with Gasteiger partial charge in [-0.3, -0.25) is 4.79 Å². The fourth-order valence-electron chi connectivity index (χ4n) is 4.14. The second-order valence-corrected chi connectivity index (χ2v) is 11.2. The molecule has 10 heteroatoms. The lowest BCUT2D eigenvalue weighted by atomic mass is 9.82. The van der Waals surface area contributed by atoms with E-state index >= 15 is 0 Å². The molecule has 0 aliphatic heterocycles. The zero-order valence-corrected chi connectivity index (χ0v) is 21.3. The van der Waals surface area contributed by atoms with Crippen LogP contribution in [0.25, 0.3) is 33.5 Å². The molecular weight excluding hydrogens is 502 g/mol. The number of pyridine rings is 1. The molecule has 2 aromatic heterocycles. The Morgan fingerprint density at radius 2 is 1.64 bits per heavy atom. The number of imidazole rings is 1. The number of hydrogen-bond donors (Lipinski definition) is 1. The minimum Gasteiger partial charge on any atom is -0.466 e. The van der Waals surface area contributed by atoms with Crippen LogP contribution in [0.15, 0.2) is 59.5 Å². The number of hydrogen-bond acceptors (Lipinski definition) is 7. The molecule has 0 bridgehead atoms. The number of rotatable bonds is 7. The molecule has 0 atom stereocenters. The lowest BCUT2D eigenvalue weighted by Crippen LogP contribution is -2.39. The molecule has 2 heterocycles. The van der Waals surface area contributed by atoms with Gasteiger partial charge in [0.15, 0.2) is 15.5 Å². The molecule has 0 unspecified atom stereocenters. The average Bonchev–Trinajstić information content (AvgIpc) is 3.21. The lowest BCUT2D eigenvalue weighted by Gasteiger charge is -2.32. The number of nitrogens with zero attached hydrogens (tertiary/aromatic N) is 2. The van der Waals surface area contributed by atoms with Crippen molar-refractivity contribution in [2.75, 3.05) is 12.9 Å². The Kier molecular flexibility index (Phi) is 6.44. The number of esters is 1. The summed E-state index contributed by atoms with van der Waals surface area (Å²) < 4.78 is 34.3. The SMILES string of the molecule is CCOC(=O)[C@H]1C[C@@H](Oc2nc3nc(-c4ccc(-c5ccc(S(C)(=O)=O)cc5)cc4)c(Cl)cc3[nH]2)C1. The van der Waals surface area contributed by atoms with E-state index < -0.39 is 9.84 Å². The number of aromatic amines is 1. The number of fused-ring (bicyclic) bond motifs is 1. The van der Waals surface area contributed by atoms with Crippen LogP contribution in [0.1, 0.15) is 19.8 Å². The Morgan fingerprint density at radius 3 is 2.25 bits per heavy atom. The van der Waals surface area contributed by atoms with Crippen molar-refractivity contribution in [1.82, 2.24) is 15.0 Å². The Hall–Kier alpha value is -3.43. The molecule has 186 valence electrons. The van der Waals surface area contributed by atoms with Crippen LogP contribution in [0.4, 0.5) is 0 Å². The summed E-state index contributed by atoms with van der Waals surface area (Å²) in [4.78, 5) is 24.2. The predicted molar refractivity (Wildman–Crippen MR) is 137 cm³/mol. The van der Waals surface area contributed by atoms with E-state index in [4.69, 9.17) is 21.1 Å². The number of H-pyrrole nitrogens is 1. The first-order valence-corrected chi connectivity index (χ1v) is 13.8. The summed E-state index contributed by atoms with van der Waals surface area (Å²) >= 11 is 6.53. The number of nitrogens with one attached hydrogen (secondary N) is 1. The maximum Gasteiger partial charge on any atom is 0.309 e. The molecule has 1 saturated carbocycles. The van der Waals surface area contributed by atoms with Crippen LogP contribution in [0.3, 0.4) is 0 Å². The van der Waals surface area contributed by atoms with Gasteiger partial charge in [-0.05, 0) is 49.1 Å². The fraction of sp³-hybridized carbons (Fsp3) is 0.269. The number of benzene rings is 2. The molecule has 1 aliphatic carbocycles. The number of carbonyl (C=O) groups excluding carboxylic acids is 1. The molecule has 4 aromatic rings. The molecule has 0 saturated heterocycles. The second-order valence-electron chi connectivity index (χ2n) is 8.77. The van der Waals surface area contributed by atoms with E-state index in [9.17, 15) is 13.2 Å². The monoisotopic (exact) mass is 525 g/mol. The molecule has 1 N–H and O–H groups in total. The maximum atomic E-state index is 11.8. The van der Waals surface area contributed by atoms with E-state index in [0.717, 1.165) is 16.7 Å². The van der Waals surface area contributed by atoms with E-state index in [1.54, 1.807) is 37.3 Å². The molecule has 1 fully saturated rings. The highest BCUT2D eigenvalue weighted by Gasteiger charge is 2.37. The zero-order valence-electron chi connectivity index (χ0n) is 19.7. The Morgan fingerprint density at radius 1 is 1.03 bits per heavy atom. The minimum absolute atomic E-state index is 0.103. The van der Waals surface area contributed by atoms with Crippen LogP contribution in [0.5, 0.6) is 6.01 Å². The first kappa shape index (κ1) is 24.3. The van der Waals surface area contributed by atoms with Gasteiger partial charge in [0.25, 0.3) is 6.01 Å². The molecule has 0 spiro atoms. The van der Waals surface area contributed by atoms with Gasteiger partial charge in [-0.15, -0.1) is 0 Å². The van der Waals surface area contributed by atoms with Crippen molar-refractivity contribution < 1.29 is 22.7 Å². The van der Waals surface area contributed by atoms with Crippen molar-refractivity contribution in [1.29, 1.82) is 0 Å². The van der Waals surface area contributed by atoms with Crippen LogP contribution < -0.4 is 4.74 Å². The van der Waals surface area contributed by atoms with E-state index in [-0.39, 0.29) is 22.9 Å². The highest BCUT2D eigenvalue weighted by molar-refractivity contribution is 7.90. The van der Waals surface area contributed by atoms with Crippen molar-refractivity contribution in [3.05, 3.63) is 59.6 Å². The molecule has 5 rings (SSSR count). The summed E-state index contributed by atoms with van der Waals surface area (Å²) in [6.07, 6.45) is 2.28. The first-order valence-electron chi connectivity index (χ1n) is 11.5. The van der Waals surface area contributed by atoms with Crippen LogP contribution in [-0.4, -0.2) is 48.3 Å². The standard InChI is InChI=1S/C26H24ClN3O5S/c1-3-34-25(31)18-12-19(13-18)35-26-28-22-14-21(27)23(29-24(22)30-26)17-6-4-15(5-7-17)16-8-10-20(11-9-16)36(2,32)33/h4-11,14,18-19H,3,12-13H2,1-2H3,(H,28,29,30)/t18-,19+. The highest BCUT2D eigenvalue weighted by atomic mass is 35.5. The van der Waals surface area contributed by atoms with E-state index in [0.29, 0.717) is 47.3 Å². The molecule has 1 aliphatic rings. The molecule has 36 heavy (non-hydrogen) atoms. The van der Waals surface area contributed by atoms with Crippen molar-refractivity contribution in [2.24, 2.45) is 5.92 Å². The zero-order chi connectivity index (χ0) is 25.4. The predicted octanol–water partition coefficient (Wildman–Crippen LogP) is 5.07. The first-order chi connectivity index (χ1) is 17.2. The normalized spacial score (nSPS) is 17.5. The number of carbonyl (C=O) groups is 1. The average molecular weight is 526 g/mol. The van der Waals surface area contributed by atoms with Crippen molar-refractivity contribution in [2.45, 2.75) is 30.8 Å². The van der Waals surface area contributed by atoms with Gasteiger partial charge in [0.2, 0.25) is 0 Å². The van der Waals surface area contributed by atoms with Crippen molar-refractivity contribution in [3.63, 3.8) is 0 Å². The maximum absolute atomic E-state index is 11.8. The Bertz CT molecular complexity index is 1530. The topological polar surface area (TPSA) is 111 Å². The third-order valence-electron chi connectivity index (χ3n) is 6.17. The van der Waals surface area contributed by atoms with E-state index in [1.807, 2.05) is 24.3 Å². The van der Waals surface area contributed by atoms with Crippen molar-refractivity contribution >= 4 is 38.6 Å². The summed E-state index contributed by atoms with van der Waals surface area (Å²) in [6, 6.07) is 16.6. The minimum atomic E-state index is -3.24. The summed E-state index contributed by atoms with van der Waals surface area (Å²) in [5.41, 5.74) is 4.38. The van der Waals surface area contributed by atoms with E-state index in [1.165, 1.54) is 6.26 Å². The summed E-state index contributed by atoms with van der Waals surface area (Å²) in [5, 5.41) is 0.467. The molecule has 8 nitrogen and oxygen atoms in total. The van der Waals surface area contributed by atoms with Crippen LogP contribution in [0, 0.1) is 5.92 Å². The number of ether oxygens (including phenoxy) is 2. The molecule has 2 aromatic carbocycles. The summed E-state index contributed by atoms with van der Waals surface area (Å²) in [5.74, 6) is -0.309. The molecular formula is C26H24ClN3O5S. The number of aromatic nitrogens is 3. The van der Waals surface area contributed by atoms with Gasteiger partial charge in [-0.1, -0.05) is 48.0 Å². The van der Waals surface area contributed by atoms with Gasteiger partial charge in [0.1, 0.15) is 6.10 Å². The lowest BCUT2D eigenvalue weighted by molar-refractivity contribution is -0.154. The third-order valence-corrected chi connectivity index (χ3v) is 7.59. The van der Waals surface area contributed by atoms with E-state index in [2.05, 4.69) is 15.0 Å². The largest absolute Gasteiger partial charge is 0.466 e. The van der Waals surface area contributed by atoms with Gasteiger partial charge >= 0.3 is 5.97 Å². The third kappa shape index (κ3) is 4.94. The molecule has 0 amide bonds. The summed E-state index contributed by atoms with van der Waals surface area (Å²) in [6.45, 7) is 2.17. The Balaban J connectivity index is 1.31. The smallest absolute Gasteiger partial charge is 0.309 e. The number of halogens is 1. The van der Waals surface area contributed by atoms with Crippen LogP contribution in [0.2, 0.25) is 5.02 Å². The van der Waals surface area contributed by atoms with Gasteiger partial charge in [0.05, 0.1) is 33.7 Å². The summed E-state index contributed by atoms with van der Waals surface area (Å²) in [7, 11) is -3.24. The van der Waals surface area contributed by atoms with Crippen LogP contribution in [-0.2, 0) is 19.4 Å². The van der Waals surface area contributed by atoms with Gasteiger partial charge in [0, 0.05) is 11.8 Å². The highest BCUT2D eigenvalue weighted by Crippen LogP contribution is 2.34. The fourth-order valence-corrected chi connectivity index (χ4v) is 5.03. The Labute approximate surface area is 213 Å². The van der Waals surface area contributed by atoms with Crippen LogP contribution >= 0.6 is 11.6 Å². The second kappa shape index (κ2) is 9.55. The van der Waals surface area contributed by atoms with Gasteiger partial charge in [-0.2, -0.15) is 4.98 Å². The number of sulfone groups is 1. The van der Waals surface area contributed by atoms with Gasteiger partial charge < -0.3 is 14.5 Å².